The van der Waals surface area contributed by atoms with E-state index in [4.69, 9.17) is 4.74 Å². The Morgan fingerprint density at radius 2 is 1.90 bits per heavy atom. The van der Waals surface area contributed by atoms with Crippen molar-refractivity contribution in [2.45, 2.75) is 6.61 Å². The summed E-state index contributed by atoms with van der Waals surface area (Å²) in [5, 5.41) is 0.645. The van der Waals surface area contributed by atoms with Gasteiger partial charge < -0.3 is 9.72 Å². The summed E-state index contributed by atoms with van der Waals surface area (Å²) in [5.41, 5.74) is 1.86. The molecule has 1 heterocycles. The first kappa shape index (κ1) is 12.9. The molecule has 0 unspecified atom stereocenters. The van der Waals surface area contributed by atoms with Gasteiger partial charge in [0.2, 0.25) is 5.43 Å². The topological polar surface area (TPSA) is 42.1 Å². The third-order valence-electron chi connectivity index (χ3n) is 3.06. The van der Waals surface area contributed by atoms with Crippen LogP contribution in [0.3, 0.4) is 0 Å². The maximum atomic E-state index is 11.9. The number of hydrogen-bond acceptors (Lipinski definition) is 2. The second kappa shape index (κ2) is 5.51. The van der Waals surface area contributed by atoms with Crippen LogP contribution in [-0.4, -0.2) is 4.98 Å². The van der Waals surface area contributed by atoms with Crippen LogP contribution < -0.4 is 10.2 Å². The highest BCUT2D eigenvalue weighted by Crippen LogP contribution is 2.19. The molecule has 0 radical (unpaired) electrons. The third kappa shape index (κ3) is 2.60. The van der Waals surface area contributed by atoms with Gasteiger partial charge in [-0.15, -0.1) is 0 Å². The lowest BCUT2D eigenvalue weighted by Gasteiger charge is -2.07. The van der Waals surface area contributed by atoms with Gasteiger partial charge in [0.15, 0.2) is 0 Å². The predicted octanol–water partition coefficient (Wildman–Crippen LogP) is 3.87. The Balaban J connectivity index is 1.87. The number of hydrogen-bond donors (Lipinski definition) is 1. The smallest absolute Gasteiger partial charge is 0.203 e. The van der Waals surface area contributed by atoms with E-state index in [1.807, 2.05) is 42.5 Å². The molecule has 0 aliphatic carbocycles. The van der Waals surface area contributed by atoms with Crippen LogP contribution in [0.2, 0.25) is 0 Å². The van der Waals surface area contributed by atoms with Crippen LogP contribution in [0.1, 0.15) is 5.56 Å². The molecule has 2 aromatic carbocycles. The predicted molar refractivity (Wildman–Crippen MR) is 83.0 cm³/mol. The van der Waals surface area contributed by atoms with Crippen LogP contribution in [0.5, 0.6) is 5.75 Å². The molecule has 0 atom stereocenters. The van der Waals surface area contributed by atoms with Crippen LogP contribution >= 0.6 is 15.9 Å². The average Bonchev–Trinajstić information content (AvgIpc) is 2.50. The van der Waals surface area contributed by atoms with Crippen molar-refractivity contribution in [3.05, 3.63) is 75.0 Å². The molecule has 0 saturated carbocycles. The molecular weight excluding hydrogens is 318 g/mol. The van der Waals surface area contributed by atoms with Crippen molar-refractivity contribution < 1.29 is 4.74 Å². The quantitative estimate of drug-likeness (QED) is 0.792. The summed E-state index contributed by atoms with van der Waals surface area (Å²) in [7, 11) is 0. The van der Waals surface area contributed by atoms with E-state index in [9.17, 15) is 4.79 Å². The Kier molecular flexibility index (Phi) is 3.56. The molecule has 3 aromatic rings. The molecule has 0 fully saturated rings. The second-order valence-corrected chi connectivity index (χ2v) is 5.30. The number of aromatic amines is 1. The van der Waals surface area contributed by atoms with Crippen LogP contribution in [0.15, 0.2) is 64.0 Å². The Labute approximate surface area is 124 Å². The molecule has 3 nitrogen and oxygen atoms in total. The van der Waals surface area contributed by atoms with E-state index in [1.165, 1.54) is 0 Å². The number of benzene rings is 2. The number of nitrogens with one attached hydrogen (secondary N) is 1. The van der Waals surface area contributed by atoms with Crippen molar-refractivity contribution in [1.82, 2.24) is 4.98 Å². The Morgan fingerprint density at radius 3 is 2.70 bits per heavy atom. The van der Waals surface area contributed by atoms with Gasteiger partial charge in [-0.2, -0.15) is 0 Å². The van der Waals surface area contributed by atoms with E-state index in [1.54, 1.807) is 12.3 Å². The van der Waals surface area contributed by atoms with E-state index in [0.717, 1.165) is 16.8 Å². The number of rotatable bonds is 3. The van der Waals surface area contributed by atoms with E-state index in [0.29, 0.717) is 16.5 Å². The summed E-state index contributed by atoms with van der Waals surface area (Å²) < 4.78 is 6.27. The molecule has 1 aromatic heterocycles. The number of pyridine rings is 1. The summed E-state index contributed by atoms with van der Waals surface area (Å²) in [4.78, 5) is 15.0. The molecule has 3 rings (SSSR count). The molecule has 0 amide bonds. The molecule has 0 spiro atoms. The average molecular weight is 330 g/mol. The monoisotopic (exact) mass is 329 g/mol. The molecule has 0 bridgehead atoms. The number of fused-ring (bicyclic) bond motifs is 1. The fraction of sp³-hybridized carbons (Fsp3) is 0.0625. The van der Waals surface area contributed by atoms with Gasteiger partial charge in [-0.1, -0.05) is 30.3 Å². The van der Waals surface area contributed by atoms with Gasteiger partial charge in [-0.05, 0) is 33.6 Å². The van der Waals surface area contributed by atoms with Gasteiger partial charge in [0, 0.05) is 17.6 Å². The van der Waals surface area contributed by atoms with Gasteiger partial charge in [-0.25, -0.2) is 0 Å². The zero-order valence-electron chi connectivity index (χ0n) is 10.6. The highest BCUT2D eigenvalue weighted by molar-refractivity contribution is 9.10. The van der Waals surface area contributed by atoms with Gasteiger partial charge in [0.25, 0.3) is 0 Å². The second-order valence-electron chi connectivity index (χ2n) is 4.45. The van der Waals surface area contributed by atoms with Crippen molar-refractivity contribution in [3.8, 4) is 5.75 Å². The van der Waals surface area contributed by atoms with Gasteiger partial charge in [0.05, 0.1) is 9.99 Å². The third-order valence-corrected chi connectivity index (χ3v) is 3.64. The van der Waals surface area contributed by atoms with E-state index >= 15 is 0 Å². The summed E-state index contributed by atoms with van der Waals surface area (Å²) in [5.74, 6) is 0.735. The molecule has 0 aliphatic heterocycles. The van der Waals surface area contributed by atoms with Gasteiger partial charge in [-0.3, -0.25) is 4.79 Å². The molecule has 20 heavy (non-hydrogen) atoms. The van der Waals surface area contributed by atoms with Crippen LogP contribution in [0.25, 0.3) is 10.9 Å². The lowest BCUT2D eigenvalue weighted by atomic mass is 10.2. The molecular formula is C16H12BrNO2. The minimum absolute atomic E-state index is 0.0200. The van der Waals surface area contributed by atoms with Crippen molar-refractivity contribution in [1.29, 1.82) is 0 Å². The van der Waals surface area contributed by atoms with E-state index < -0.39 is 0 Å². The molecule has 1 N–H and O–H groups in total. The molecule has 100 valence electrons. The summed E-state index contributed by atoms with van der Waals surface area (Å²) in [6.45, 7) is 0.507. The van der Waals surface area contributed by atoms with Crippen LogP contribution in [-0.2, 0) is 6.61 Å². The SMILES string of the molecule is O=c1c(Br)c[nH]c2cc(OCc3ccccc3)ccc12. The van der Waals surface area contributed by atoms with Crippen LogP contribution in [0, 0.1) is 0 Å². The molecule has 0 saturated heterocycles. The number of H-pyrrole nitrogens is 1. The maximum Gasteiger partial charge on any atom is 0.203 e. The molecule has 0 aliphatic rings. The Bertz CT molecular complexity index is 796. The standard InChI is InChI=1S/C16H12BrNO2/c17-14-9-18-15-8-12(6-7-13(15)16(14)19)20-10-11-4-2-1-3-5-11/h1-9H,10H2,(H,18,19). The highest BCUT2D eigenvalue weighted by Gasteiger charge is 2.04. The fourth-order valence-corrected chi connectivity index (χ4v) is 2.33. The Morgan fingerprint density at radius 1 is 1.10 bits per heavy atom. The minimum Gasteiger partial charge on any atom is -0.489 e. The first-order valence-electron chi connectivity index (χ1n) is 6.22. The van der Waals surface area contributed by atoms with Crippen molar-refractivity contribution in [2.24, 2.45) is 0 Å². The van der Waals surface area contributed by atoms with Crippen LogP contribution in [0.4, 0.5) is 0 Å². The minimum atomic E-state index is -0.0200. The van der Waals surface area contributed by atoms with E-state index in [2.05, 4.69) is 20.9 Å². The first-order valence-corrected chi connectivity index (χ1v) is 7.01. The lowest BCUT2D eigenvalue weighted by molar-refractivity contribution is 0.306. The number of aromatic nitrogens is 1. The van der Waals surface area contributed by atoms with Gasteiger partial charge >= 0.3 is 0 Å². The first-order chi connectivity index (χ1) is 9.74. The van der Waals surface area contributed by atoms with E-state index in [-0.39, 0.29) is 5.43 Å². The van der Waals surface area contributed by atoms with Gasteiger partial charge in [0.1, 0.15) is 12.4 Å². The molecule has 4 heteroatoms. The zero-order valence-corrected chi connectivity index (χ0v) is 12.2. The number of ether oxygens (including phenoxy) is 1. The summed E-state index contributed by atoms with van der Waals surface area (Å²) >= 11 is 3.22. The van der Waals surface area contributed by atoms with Crippen molar-refractivity contribution in [2.75, 3.05) is 0 Å². The highest BCUT2D eigenvalue weighted by atomic mass is 79.9. The summed E-state index contributed by atoms with van der Waals surface area (Å²) in [6.07, 6.45) is 1.64. The largest absolute Gasteiger partial charge is 0.489 e. The number of halogens is 1. The maximum absolute atomic E-state index is 11.9. The lowest BCUT2D eigenvalue weighted by Crippen LogP contribution is -2.03. The normalized spacial score (nSPS) is 10.7. The fourth-order valence-electron chi connectivity index (χ4n) is 2.01. The Hall–Kier alpha value is -2.07. The zero-order chi connectivity index (χ0) is 13.9. The summed E-state index contributed by atoms with van der Waals surface area (Å²) in [6, 6.07) is 15.4. The van der Waals surface area contributed by atoms with Crippen molar-refractivity contribution in [3.63, 3.8) is 0 Å². The van der Waals surface area contributed by atoms with Crippen molar-refractivity contribution >= 4 is 26.8 Å².